The predicted molar refractivity (Wildman–Crippen MR) is 97.7 cm³/mol. The fraction of sp³-hybridized carbons (Fsp3) is 0.300. The number of hydrogen-bond donors (Lipinski definition) is 0. The number of benzene rings is 2. The van der Waals surface area contributed by atoms with Crippen LogP contribution in [0.4, 0.5) is 13.2 Å². The minimum absolute atomic E-state index is 0.130. The van der Waals surface area contributed by atoms with Crippen molar-refractivity contribution in [1.82, 2.24) is 15.0 Å². The van der Waals surface area contributed by atoms with Crippen LogP contribution in [0.15, 0.2) is 53.1 Å². The predicted octanol–water partition coefficient (Wildman–Crippen LogP) is 4.57. The highest BCUT2D eigenvalue weighted by Crippen LogP contribution is 2.31. The van der Waals surface area contributed by atoms with Crippen molar-refractivity contribution in [2.75, 3.05) is 20.2 Å². The molecular formula is C20H20F3N3O2. The molecule has 1 heterocycles. The van der Waals surface area contributed by atoms with Gasteiger partial charge in [-0.25, -0.2) is 0 Å². The van der Waals surface area contributed by atoms with Crippen LogP contribution in [0.25, 0.3) is 11.4 Å². The zero-order valence-corrected chi connectivity index (χ0v) is 15.5. The van der Waals surface area contributed by atoms with Gasteiger partial charge in [-0.3, -0.25) is 4.90 Å². The lowest BCUT2D eigenvalue weighted by atomic mass is 10.1. The lowest BCUT2D eigenvalue weighted by molar-refractivity contribution is -0.137. The third-order valence-electron chi connectivity index (χ3n) is 4.05. The number of rotatable bonds is 7. The molecule has 3 rings (SSSR count). The molecule has 0 spiro atoms. The van der Waals surface area contributed by atoms with Gasteiger partial charge in [0.05, 0.1) is 12.1 Å². The summed E-state index contributed by atoms with van der Waals surface area (Å²) in [6.45, 7) is 3.46. The number of halogens is 3. The molecule has 5 nitrogen and oxygen atoms in total. The minimum Gasteiger partial charge on any atom is -0.492 e. The van der Waals surface area contributed by atoms with Gasteiger partial charge in [-0.05, 0) is 43.8 Å². The first kappa shape index (κ1) is 19.9. The van der Waals surface area contributed by atoms with E-state index in [1.54, 1.807) is 0 Å². The molecule has 28 heavy (non-hydrogen) atoms. The number of ether oxygens (including phenoxy) is 1. The quantitative estimate of drug-likeness (QED) is 0.590. The third kappa shape index (κ3) is 5.32. The van der Waals surface area contributed by atoms with Gasteiger partial charge in [0.2, 0.25) is 11.7 Å². The van der Waals surface area contributed by atoms with E-state index in [4.69, 9.17) is 9.26 Å². The normalized spacial score (nSPS) is 11.8. The lowest BCUT2D eigenvalue weighted by Crippen LogP contribution is -2.24. The number of nitrogens with zero attached hydrogens (tertiary/aromatic N) is 3. The van der Waals surface area contributed by atoms with Crippen LogP contribution in [0.1, 0.15) is 17.0 Å². The maximum Gasteiger partial charge on any atom is 0.416 e. The van der Waals surface area contributed by atoms with Crippen molar-refractivity contribution < 1.29 is 22.4 Å². The SMILES string of the molecule is Cc1cccc(OCCN(C)Cc2nc(-c3cccc(C(F)(F)F)c3)no2)c1. The molecule has 0 unspecified atom stereocenters. The molecule has 0 N–H and O–H groups in total. The van der Waals surface area contributed by atoms with E-state index < -0.39 is 11.7 Å². The van der Waals surface area contributed by atoms with Crippen molar-refractivity contribution in [2.45, 2.75) is 19.6 Å². The van der Waals surface area contributed by atoms with E-state index in [2.05, 4.69) is 10.1 Å². The highest BCUT2D eigenvalue weighted by Gasteiger charge is 2.30. The Morgan fingerprint density at radius 1 is 1.11 bits per heavy atom. The van der Waals surface area contributed by atoms with Crippen molar-refractivity contribution in [2.24, 2.45) is 0 Å². The van der Waals surface area contributed by atoms with Crippen molar-refractivity contribution in [3.8, 4) is 17.1 Å². The number of alkyl halides is 3. The molecule has 2 aromatic carbocycles. The minimum atomic E-state index is -4.42. The number of aromatic nitrogens is 2. The largest absolute Gasteiger partial charge is 0.492 e. The Kier molecular flexibility index (Phi) is 5.99. The van der Waals surface area contributed by atoms with Crippen LogP contribution in [0.2, 0.25) is 0 Å². The van der Waals surface area contributed by atoms with Crippen LogP contribution < -0.4 is 4.74 Å². The molecule has 0 saturated heterocycles. The third-order valence-corrected chi connectivity index (χ3v) is 4.05. The van der Waals surface area contributed by atoms with Gasteiger partial charge in [0, 0.05) is 12.1 Å². The average molecular weight is 391 g/mol. The monoisotopic (exact) mass is 391 g/mol. The Hall–Kier alpha value is -2.87. The Morgan fingerprint density at radius 2 is 1.89 bits per heavy atom. The Morgan fingerprint density at radius 3 is 2.64 bits per heavy atom. The zero-order chi connectivity index (χ0) is 20.1. The van der Waals surface area contributed by atoms with Gasteiger partial charge in [-0.2, -0.15) is 18.2 Å². The van der Waals surface area contributed by atoms with Gasteiger partial charge in [-0.15, -0.1) is 0 Å². The van der Waals surface area contributed by atoms with Gasteiger partial charge < -0.3 is 9.26 Å². The first-order valence-corrected chi connectivity index (χ1v) is 8.69. The van der Waals surface area contributed by atoms with Crippen LogP contribution in [0.5, 0.6) is 5.75 Å². The summed E-state index contributed by atoms with van der Waals surface area (Å²) in [6, 6.07) is 12.6. The van der Waals surface area contributed by atoms with E-state index in [9.17, 15) is 13.2 Å². The molecule has 1 aromatic heterocycles. The summed E-state index contributed by atoms with van der Waals surface area (Å²) in [4.78, 5) is 6.12. The maximum atomic E-state index is 12.8. The molecular weight excluding hydrogens is 371 g/mol. The molecule has 0 aliphatic heterocycles. The van der Waals surface area contributed by atoms with E-state index in [1.165, 1.54) is 12.1 Å². The molecule has 3 aromatic rings. The van der Waals surface area contributed by atoms with Crippen molar-refractivity contribution in [1.29, 1.82) is 0 Å². The van der Waals surface area contributed by atoms with Crippen LogP contribution in [-0.2, 0) is 12.7 Å². The van der Waals surface area contributed by atoms with Crippen LogP contribution in [0.3, 0.4) is 0 Å². The van der Waals surface area contributed by atoms with Crippen molar-refractivity contribution in [3.05, 3.63) is 65.5 Å². The van der Waals surface area contributed by atoms with Gasteiger partial charge in [0.1, 0.15) is 12.4 Å². The van der Waals surface area contributed by atoms with Crippen molar-refractivity contribution >= 4 is 0 Å². The molecule has 0 saturated carbocycles. The number of hydrogen-bond acceptors (Lipinski definition) is 5. The summed E-state index contributed by atoms with van der Waals surface area (Å²) in [7, 11) is 1.87. The summed E-state index contributed by atoms with van der Waals surface area (Å²) in [5.74, 6) is 1.26. The molecule has 0 bridgehead atoms. The highest BCUT2D eigenvalue weighted by molar-refractivity contribution is 5.55. The Labute approximate surface area is 160 Å². The van der Waals surface area contributed by atoms with E-state index in [0.29, 0.717) is 25.6 Å². The molecule has 0 radical (unpaired) electrons. The van der Waals surface area contributed by atoms with Crippen molar-refractivity contribution in [3.63, 3.8) is 0 Å². The van der Waals surface area contributed by atoms with E-state index in [-0.39, 0.29) is 11.4 Å². The highest BCUT2D eigenvalue weighted by atomic mass is 19.4. The second-order valence-corrected chi connectivity index (χ2v) is 6.49. The smallest absolute Gasteiger partial charge is 0.416 e. The second-order valence-electron chi connectivity index (χ2n) is 6.49. The number of aryl methyl sites for hydroxylation is 1. The Bertz CT molecular complexity index is 925. The topological polar surface area (TPSA) is 51.4 Å². The lowest BCUT2D eigenvalue weighted by Gasteiger charge is -2.14. The van der Waals surface area contributed by atoms with Gasteiger partial charge in [0.25, 0.3) is 0 Å². The molecule has 0 aliphatic rings. The second kappa shape index (κ2) is 8.43. The summed E-state index contributed by atoms with van der Waals surface area (Å²) in [6.07, 6.45) is -4.42. The van der Waals surface area contributed by atoms with Crippen LogP contribution >= 0.6 is 0 Å². The first-order valence-electron chi connectivity index (χ1n) is 8.69. The molecule has 0 atom stereocenters. The molecule has 8 heteroatoms. The summed E-state index contributed by atoms with van der Waals surface area (Å²) >= 11 is 0. The van der Waals surface area contributed by atoms with Gasteiger partial charge in [-0.1, -0.05) is 29.4 Å². The van der Waals surface area contributed by atoms with E-state index in [0.717, 1.165) is 23.4 Å². The molecule has 148 valence electrons. The zero-order valence-electron chi connectivity index (χ0n) is 15.5. The van der Waals surface area contributed by atoms with Crippen LogP contribution in [-0.4, -0.2) is 35.2 Å². The maximum absolute atomic E-state index is 12.8. The average Bonchev–Trinajstić information content (AvgIpc) is 3.10. The summed E-state index contributed by atoms with van der Waals surface area (Å²) < 4.78 is 49.4. The van der Waals surface area contributed by atoms with Gasteiger partial charge in [0.15, 0.2) is 0 Å². The molecule has 0 amide bonds. The van der Waals surface area contributed by atoms with E-state index in [1.807, 2.05) is 43.1 Å². The summed E-state index contributed by atoms with van der Waals surface area (Å²) in [5, 5.41) is 3.79. The Balaban J connectivity index is 1.55. The molecule has 0 aliphatic carbocycles. The van der Waals surface area contributed by atoms with Gasteiger partial charge >= 0.3 is 6.18 Å². The molecule has 0 fully saturated rings. The fourth-order valence-electron chi connectivity index (χ4n) is 2.61. The standard InChI is InChI=1S/C20H20F3N3O2/c1-14-5-3-8-17(11-14)27-10-9-26(2)13-18-24-19(25-28-18)15-6-4-7-16(12-15)20(21,22)23/h3-8,11-12H,9-10,13H2,1-2H3. The van der Waals surface area contributed by atoms with E-state index >= 15 is 0 Å². The number of likely N-dealkylation sites (N-methyl/N-ethyl adjacent to an activating group) is 1. The summed E-state index contributed by atoms with van der Waals surface area (Å²) in [5.41, 5.74) is 0.635. The first-order chi connectivity index (χ1) is 13.3. The fourth-order valence-corrected chi connectivity index (χ4v) is 2.61. The van der Waals surface area contributed by atoms with Crippen LogP contribution in [0, 0.1) is 6.92 Å².